The first-order valence-corrected chi connectivity index (χ1v) is 2.78. The zero-order valence-electron chi connectivity index (χ0n) is 6.40. The quantitative estimate of drug-likeness (QED) is 0.448. The number of nitrogens with two attached hydrogens (primary N) is 2. The van der Waals surface area contributed by atoms with E-state index < -0.39 is 0 Å². The molecule has 0 saturated heterocycles. The molecule has 8 nitrogen and oxygen atoms in total. The van der Waals surface area contributed by atoms with Crippen LogP contribution in [0, 0.1) is 0 Å². The maximum absolute atomic E-state index is 5.25. The molecule has 0 amide bonds. The van der Waals surface area contributed by atoms with E-state index in [0.29, 0.717) is 0 Å². The summed E-state index contributed by atoms with van der Waals surface area (Å²) < 4.78 is 0. The van der Waals surface area contributed by atoms with Gasteiger partial charge in [0.2, 0.25) is 11.9 Å². The van der Waals surface area contributed by atoms with Crippen LogP contribution in [0.3, 0.4) is 0 Å². The van der Waals surface area contributed by atoms with E-state index in [1.165, 1.54) is 7.11 Å². The molecule has 1 heterocycles. The van der Waals surface area contributed by atoms with Gasteiger partial charge < -0.3 is 16.9 Å². The third-order valence-corrected chi connectivity index (χ3v) is 0.863. The van der Waals surface area contributed by atoms with E-state index in [1.807, 2.05) is 0 Å². The van der Waals surface area contributed by atoms with Gasteiger partial charge >= 0.3 is 0 Å². The third kappa shape index (κ3) is 2.52. The minimum absolute atomic E-state index is 0. The fourth-order valence-corrected chi connectivity index (χ4v) is 0.546. The fourth-order valence-electron chi connectivity index (χ4n) is 0.546. The lowest BCUT2D eigenvalue weighted by atomic mass is 10.8. The number of nitrogen functional groups attached to an aromatic ring is 2. The second kappa shape index (κ2) is 4.26. The highest BCUT2D eigenvalue weighted by molar-refractivity contribution is 5.35. The van der Waals surface area contributed by atoms with Gasteiger partial charge in [0.05, 0.1) is 7.11 Å². The van der Waals surface area contributed by atoms with Gasteiger partial charge in [-0.1, -0.05) is 0 Å². The first-order valence-electron chi connectivity index (χ1n) is 2.78. The van der Waals surface area contributed by atoms with Crippen LogP contribution in [0.1, 0.15) is 0 Å². The first kappa shape index (κ1) is 10.3. The largest absolute Gasteiger partial charge is 0.412 e. The Hall–Kier alpha value is -1.67. The van der Waals surface area contributed by atoms with Gasteiger partial charge in [0.1, 0.15) is 0 Å². The SMILES string of the molecule is CONc1nc(N)nc(N)n1.O. The Morgan fingerprint density at radius 2 is 1.67 bits per heavy atom. The fraction of sp³-hybridized carbons (Fsp3) is 0.250. The Balaban J connectivity index is 0.00000121. The maximum Gasteiger partial charge on any atom is 0.253 e. The van der Waals surface area contributed by atoms with Gasteiger partial charge in [-0.15, -0.1) is 0 Å². The number of aromatic nitrogens is 3. The molecule has 0 aliphatic heterocycles. The Labute approximate surface area is 68.2 Å². The van der Waals surface area contributed by atoms with E-state index >= 15 is 0 Å². The molecule has 0 bridgehead atoms. The van der Waals surface area contributed by atoms with Crippen molar-refractivity contribution in [3.8, 4) is 0 Å². The molecule has 68 valence electrons. The molecule has 1 aromatic heterocycles. The average Bonchev–Trinajstić information content (AvgIpc) is 1.85. The lowest BCUT2D eigenvalue weighted by Gasteiger charge is -2.00. The average molecular weight is 174 g/mol. The van der Waals surface area contributed by atoms with Gasteiger partial charge in [-0.3, -0.25) is 4.84 Å². The Bertz CT molecular complexity index is 233. The normalized spacial score (nSPS) is 8.75. The Kier molecular flexibility index (Phi) is 3.67. The van der Waals surface area contributed by atoms with E-state index in [9.17, 15) is 0 Å². The van der Waals surface area contributed by atoms with Crippen LogP contribution in [0.15, 0.2) is 0 Å². The monoisotopic (exact) mass is 174 g/mol. The summed E-state index contributed by atoms with van der Waals surface area (Å²) in [5.41, 5.74) is 12.9. The molecule has 7 N–H and O–H groups in total. The predicted octanol–water partition coefficient (Wildman–Crippen LogP) is -1.82. The van der Waals surface area contributed by atoms with Crippen molar-refractivity contribution in [1.82, 2.24) is 15.0 Å². The topological polar surface area (TPSA) is 143 Å². The summed E-state index contributed by atoms with van der Waals surface area (Å²) >= 11 is 0. The van der Waals surface area contributed by atoms with Crippen LogP contribution in [-0.2, 0) is 4.84 Å². The molecule has 0 saturated carbocycles. The summed E-state index contributed by atoms with van der Waals surface area (Å²) in [5.74, 6) is 0.298. The molecule has 1 aromatic rings. The van der Waals surface area contributed by atoms with Gasteiger partial charge in [-0.25, -0.2) is 5.48 Å². The standard InChI is InChI=1S/C4H8N6O.H2O/c1-11-10-4-8-2(5)7-3(6)9-4;/h1H3,(H5,5,6,7,8,9,10);1H2. The summed E-state index contributed by atoms with van der Waals surface area (Å²) in [6.07, 6.45) is 0. The number of nitrogens with one attached hydrogen (secondary N) is 1. The highest BCUT2D eigenvalue weighted by Crippen LogP contribution is 2.01. The zero-order chi connectivity index (χ0) is 8.27. The van der Waals surface area contributed by atoms with Crippen molar-refractivity contribution in [2.75, 3.05) is 24.1 Å². The van der Waals surface area contributed by atoms with Crippen molar-refractivity contribution in [2.45, 2.75) is 0 Å². The minimum Gasteiger partial charge on any atom is -0.412 e. The second-order valence-electron chi connectivity index (χ2n) is 1.68. The molecule has 0 unspecified atom stereocenters. The lowest BCUT2D eigenvalue weighted by Crippen LogP contribution is -2.08. The minimum atomic E-state index is 0. The molecule has 0 aliphatic carbocycles. The molecule has 0 radical (unpaired) electrons. The number of hydrogen-bond acceptors (Lipinski definition) is 7. The molecule has 12 heavy (non-hydrogen) atoms. The summed E-state index contributed by atoms with van der Waals surface area (Å²) in [4.78, 5) is 15.4. The smallest absolute Gasteiger partial charge is 0.253 e. The van der Waals surface area contributed by atoms with Crippen molar-refractivity contribution in [1.29, 1.82) is 0 Å². The molecule has 0 spiro atoms. The van der Waals surface area contributed by atoms with Crippen LogP contribution in [0.4, 0.5) is 17.8 Å². The van der Waals surface area contributed by atoms with Gasteiger partial charge in [0.25, 0.3) is 5.95 Å². The molecule has 0 aromatic carbocycles. The van der Waals surface area contributed by atoms with Crippen LogP contribution < -0.4 is 16.9 Å². The van der Waals surface area contributed by atoms with Gasteiger partial charge in [-0.05, 0) is 0 Å². The summed E-state index contributed by atoms with van der Waals surface area (Å²) in [6.45, 7) is 0. The molecule has 1 rings (SSSR count). The lowest BCUT2D eigenvalue weighted by molar-refractivity contribution is 0.267. The molecule has 8 heteroatoms. The van der Waals surface area contributed by atoms with Crippen LogP contribution in [0.2, 0.25) is 0 Å². The predicted molar refractivity (Wildman–Crippen MR) is 42.9 cm³/mol. The van der Waals surface area contributed by atoms with E-state index in [2.05, 4.69) is 25.3 Å². The van der Waals surface area contributed by atoms with Crippen LogP contribution in [0.5, 0.6) is 0 Å². The molecular formula is C4H10N6O2. The second-order valence-corrected chi connectivity index (χ2v) is 1.68. The van der Waals surface area contributed by atoms with Crippen LogP contribution >= 0.6 is 0 Å². The Morgan fingerprint density at radius 1 is 1.17 bits per heavy atom. The number of hydrogen-bond donors (Lipinski definition) is 3. The summed E-state index contributed by atoms with van der Waals surface area (Å²) in [7, 11) is 1.43. The molecule has 0 aliphatic rings. The van der Waals surface area contributed by atoms with E-state index in [-0.39, 0.29) is 23.3 Å². The first-order chi connectivity index (χ1) is 5.22. The summed E-state index contributed by atoms with van der Waals surface area (Å²) in [5, 5.41) is 0. The highest BCUT2D eigenvalue weighted by Gasteiger charge is 1.98. The van der Waals surface area contributed by atoms with Crippen molar-refractivity contribution in [3.63, 3.8) is 0 Å². The zero-order valence-corrected chi connectivity index (χ0v) is 6.40. The van der Waals surface area contributed by atoms with Gasteiger partial charge in [0, 0.05) is 0 Å². The number of rotatable bonds is 2. The number of anilines is 3. The van der Waals surface area contributed by atoms with Gasteiger partial charge in [-0.2, -0.15) is 15.0 Å². The van der Waals surface area contributed by atoms with E-state index in [0.717, 1.165) is 0 Å². The van der Waals surface area contributed by atoms with Gasteiger partial charge in [0.15, 0.2) is 0 Å². The maximum atomic E-state index is 5.25. The van der Waals surface area contributed by atoms with Crippen molar-refractivity contribution < 1.29 is 10.3 Å². The molecular weight excluding hydrogens is 164 g/mol. The third-order valence-electron chi connectivity index (χ3n) is 0.863. The Morgan fingerprint density at radius 3 is 2.08 bits per heavy atom. The van der Waals surface area contributed by atoms with Crippen LogP contribution in [-0.4, -0.2) is 27.5 Å². The van der Waals surface area contributed by atoms with Crippen molar-refractivity contribution in [2.24, 2.45) is 0 Å². The highest BCUT2D eigenvalue weighted by atomic mass is 16.6. The van der Waals surface area contributed by atoms with Crippen molar-refractivity contribution >= 4 is 17.8 Å². The van der Waals surface area contributed by atoms with Crippen molar-refractivity contribution in [3.05, 3.63) is 0 Å². The van der Waals surface area contributed by atoms with E-state index in [4.69, 9.17) is 11.5 Å². The summed E-state index contributed by atoms with van der Waals surface area (Å²) in [6, 6.07) is 0. The van der Waals surface area contributed by atoms with Crippen LogP contribution in [0.25, 0.3) is 0 Å². The molecule has 0 fully saturated rings. The molecule has 0 atom stereocenters. The van der Waals surface area contributed by atoms with E-state index in [1.54, 1.807) is 0 Å². The number of nitrogens with zero attached hydrogens (tertiary/aromatic N) is 3.